The van der Waals surface area contributed by atoms with Gasteiger partial charge in [0.15, 0.2) is 0 Å². The Balaban J connectivity index is 2.10. The third-order valence-corrected chi connectivity index (χ3v) is 3.16. The standard InChI is InChI=1S/C14H18O2/c1-15-13-7-3-11(4-8-13)12-5-9-14(16-2)10-6-12/h3-5,7-8,14H,6,9-10H2,1-2H3. The summed E-state index contributed by atoms with van der Waals surface area (Å²) in [5, 5.41) is 0. The van der Waals surface area contributed by atoms with Crippen LogP contribution in [0.25, 0.3) is 5.57 Å². The first-order valence-electron chi connectivity index (χ1n) is 5.69. The molecule has 0 bridgehead atoms. The van der Waals surface area contributed by atoms with Crippen LogP contribution in [0.2, 0.25) is 0 Å². The van der Waals surface area contributed by atoms with Gasteiger partial charge in [-0.25, -0.2) is 0 Å². The van der Waals surface area contributed by atoms with Crippen molar-refractivity contribution in [3.8, 4) is 5.75 Å². The molecule has 1 aromatic rings. The molecule has 0 N–H and O–H groups in total. The summed E-state index contributed by atoms with van der Waals surface area (Å²) < 4.78 is 10.5. The second-order valence-electron chi connectivity index (χ2n) is 4.09. The van der Waals surface area contributed by atoms with Crippen molar-refractivity contribution in [2.45, 2.75) is 25.4 Å². The molecule has 0 saturated carbocycles. The van der Waals surface area contributed by atoms with Crippen molar-refractivity contribution in [1.29, 1.82) is 0 Å². The van der Waals surface area contributed by atoms with E-state index in [1.54, 1.807) is 14.2 Å². The lowest BCUT2D eigenvalue weighted by Crippen LogP contribution is -2.13. The van der Waals surface area contributed by atoms with E-state index >= 15 is 0 Å². The van der Waals surface area contributed by atoms with Crippen LogP contribution in [0.3, 0.4) is 0 Å². The Morgan fingerprint density at radius 1 is 1.12 bits per heavy atom. The van der Waals surface area contributed by atoms with Gasteiger partial charge in [-0.1, -0.05) is 18.2 Å². The Morgan fingerprint density at radius 2 is 1.88 bits per heavy atom. The van der Waals surface area contributed by atoms with Crippen molar-refractivity contribution in [3.63, 3.8) is 0 Å². The molecule has 0 heterocycles. The molecule has 2 rings (SSSR count). The Labute approximate surface area is 96.9 Å². The molecule has 1 atom stereocenters. The summed E-state index contributed by atoms with van der Waals surface area (Å²) in [4.78, 5) is 0. The van der Waals surface area contributed by atoms with Crippen LogP contribution in [0.15, 0.2) is 30.3 Å². The van der Waals surface area contributed by atoms with E-state index in [9.17, 15) is 0 Å². The average Bonchev–Trinajstić information content (AvgIpc) is 2.39. The molecule has 16 heavy (non-hydrogen) atoms. The fraction of sp³-hybridized carbons (Fsp3) is 0.429. The molecule has 0 spiro atoms. The Hall–Kier alpha value is -1.28. The Morgan fingerprint density at radius 3 is 2.38 bits per heavy atom. The largest absolute Gasteiger partial charge is 0.497 e. The summed E-state index contributed by atoms with van der Waals surface area (Å²) in [5.74, 6) is 0.912. The predicted molar refractivity (Wildman–Crippen MR) is 65.6 cm³/mol. The zero-order valence-electron chi connectivity index (χ0n) is 9.90. The first-order valence-corrected chi connectivity index (χ1v) is 5.69. The second-order valence-corrected chi connectivity index (χ2v) is 4.09. The van der Waals surface area contributed by atoms with Crippen LogP contribution in [0.4, 0.5) is 0 Å². The van der Waals surface area contributed by atoms with E-state index in [0.717, 1.165) is 25.0 Å². The molecule has 1 aromatic carbocycles. The highest BCUT2D eigenvalue weighted by atomic mass is 16.5. The molecule has 0 aliphatic heterocycles. The fourth-order valence-corrected chi connectivity index (χ4v) is 2.09. The summed E-state index contributed by atoms with van der Waals surface area (Å²) in [7, 11) is 3.48. The lowest BCUT2D eigenvalue weighted by Gasteiger charge is -2.20. The molecule has 0 radical (unpaired) electrons. The molecule has 0 fully saturated rings. The number of rotatable bonds is 3. The smallest absolute Gasteiger partial charge is 0.118 e. The highest BCUT2D eigenvalue weighted by Crippen LogP contribution is 2.28. The van der Waals surface area contributed by atoms with Gasteiger partial charge in [0.2, 0.25) is 0 Å². The van der Waals surface area contributed by atoms with Crippen LogP contribution in [0, 0.1) is 0 Å². The van der Waals surface area contributed by atoms with E-state index in [0.29, 0.717) is 6.10 Å². The monoisotopic (exact) mass is 218 g/mol. The van der Waals surface area contributed by atoms with Crippen molar-refractivity contribution in [3.05, 3.63) is 35.9 Å². The molecule has 0 saturated heterocycles. The molecular weight excluding hydrogens is 200 g/mol. The maximum atomic E-state index is 5.35. The Kier molecular flexibility index (Phi) is 3.62. The van der Waals surface area contributed by atoms with E-state index in [2.05, 4.69) is 18.2 Å². The van der Waals surface area contributed by atoms with Gasteiger partial charge in [-0.3, -0.25) is 0 Å². The van der Waals surface area contributed by atoms with Crippen molar-refractivity contribution in [1.82, 2.24) is 0 Å². The summed E-state index contributed by atoms with van der Waals surface area (Å²) >= 11 is 0. The summed E-state index contributed by atoms with van der Waals surface area (Å²) in [6, 6.07) is 8.27. The number of hydrogen-bond acceptors (Lipinski definition) is 2. The van der Waals surface area contributed by atoms with Gasteiger partial charge in [0.1, 0.15) is 5.75 Å². The third-order valence-electron chi connectivity index (χ3n) is 3.16. The van der Waals surface area contributed by atoms with Gasteiger partial charge < -0.3 is 9.47 Å². The van der Waals surface area contributed by atoms with E-state index in [-0.39, 0.29) is 0 Å². The number of hydrogen-bond donors (Lipinski definition) is 0. The van der Waals surface area contributed by atoms with Gasteiger partial charge >= 0.3 is 0 Å². The molecule has 86 valence electrons. The van der Waals surface area contributed by atoms with E-state index in [4.69, 9.17) is 9.47 Å². The first-order chi connectivity index (χ1) is 7.83. The van der Waals surface area contributed by atoms with Crippen LogP contribution in [-0.4, -0.2) is 20.3 Å². The second kappa shape index (κ2) is 5.17. The quantitative estimate of drug-likeness (QED) is 0.775. The van der Waals surface area contributed by atoms with Gasteiger partial charge in [0, 0.05) is 7.11 Å². The SMILES string of the molecule is COc1ccc(C2=CCC(OC)CC2)cc1. The van der Waals surface area contributed by atoms with Gasteiger partial charge in [0.25, 0.3) is 0 Å². The molecule has 1 aliphatic carbocycles. The van der Waals surface area contributed by atoms with Gasteiger partial charge in [-0.05, 0) is 42.5 Å². The first kappa shape index (κ1) is 11.2. The van der Waals surface area contributed by atoms with Gasteiger partial charge in [0.05, 0.1) is 13.2 Å². The minimum Gasteiger partial charge on any atom is -0.497 e. The zero-order valence-corrected chi connectivity index (χ0v) is 9.90. The van der Waals surface area contributed by atoms with Crippen molar-refractivity contribution in [2.75, 3.05) is 14.2 Å². The molecule has 0 amide bonds. The number of ether oxygens (including phenoxy) is 2. The minimum absolute atomic E-state index is 0.405. The summed E-state index contributed by atoms with van der Waals surface area (Å²) in [6.45, 7) is 0. The van der Waals surface area contributed by atoms with Crippen molar-refractivity contribution in [2.24, 2.45) is 0 Å². The molecular formula is C14H18O2. The number of methoxy groups -OCH3 is 2. The number of benzene rings is 1. The van der Waals surface area contributed by atoms with Gasteiger partial charge in [-0.15, -0.1) is 0 Å². The fourth-order valence-electron chi connectivity index (χ4n) is 2.09. The normalized spacial score (nSPS) is 20.4. The zero-order chi connectivity index (χ0) is 11.4. The van der Waals surface area contributed by atoms with Crippen molar-refractivity contribution < 1.29 is 9.47 Å². The van der Waals surface area contributed by atoms with Crippen LogP contribution >= 0.6 is 0 Å². The summed E-state index contributed by atoms with van der Waals surface area (Å²) in [5.41, 5.74) is 2.73. The summed E-state index contributed by atoms with van der Waals surface area (Å²) in [6.07, 6.45) is 5.94. The highest BCUT2D eigenvalue weighted by molar-refractivity contribution is 5.66. The minimum atomic E-state index is 0.405. The lowest BCUT2D eigenvalue weighted by molar-refractivity contribution is 0.0964. The van der Waals surface area contributed by atoms with Crippen LogP contribution in [-0.2, 0) is 4.74 Å². The average molecular weight is 218 g/mol. The van der Waals surface area contributed by atoms with E-state index < -0.39 is 0 Å². The molecule has 0 aromatic heterocycles. The lowest BCUT2D eigenvalue weighted by atomic mass is 9.92. The Bertz CT molecular complexity index is 365. The van der Waals surface area contributed by atoms with E-state index in [1.165, 1.54) is 11.1 Å². The molecule has 2 heteroatoms. The van der Waals surface area contributed by atoms with Crippen LogP contribution in [0.5, 0.6) is 5.75 Å². The van der Waals surface area contributed by atoms with Gasteiger partial charge in [-0.2, -0.15) is 0 Å². The molecule has 2 nitrogen and oxygen atoms in total. The number of allylic oxidation sites excluding steroid dienone is 1. The topological polar surface area (TPSA) is 18.5 Å². The molecule has 1 unspecified atom stereocenters. The maximum Gasteiger partial charge on any atom is 0.118 e. The third kappa shape index (κ3) is 2.45. The van der Waals surface area contributed by atoms with E-state index in [1.807, 2.05) is 12.1 Å². The van der Waals surface area contributed by atoms with Crippen molar-refractivity contribution >= 4 is 5.57 Å². The maximum absolute atomic E-state index is 5.35. The van der Waals surface area contributed by atoms with Crippen LogP contribution < -0.4 is 4.74 Å². The predicted octanol–water partition coefficient (Wildman–Crippen LogP) is 3.28. The molecule has 1 aliphatic rings. The van der Waals surface area contributed by atoms with Crippen LogP contribution in [0.1, 0.15) is 24.8 Å². The highest BCUT2D eigenvalue weighted by Gasteiger charge is 2.14.